The third kappa shape index (κ3) is 1.81. The predicted octanol–water partition coefficient (Wildman–Crippen LogP) is 6.65. The van der Waals surface area contributed by atoms with E-state index in [1.54, 1.807) is 0 Å². The van der Waals surface area contributed by atoms with E-state index < -0.39 is 0 Å². The molecule has 2 heteroatoms. The molecular formula is C22H19NS. The number of nitrogens with zero attached hydrogens (tertiary/aromatic N) is 1. The molecule has 0 saturated carbocycles. The topological polar surface area (TPSA) is 4.93 Å². The molecule has 1 nitrogen and oxygen atoms in total. The lowest BCUT2D eigenvalue weighted by Crippen LogP contribution is -1.89. The minimum absolute atomic E-state index is 1.15. The van der Waals surface area contributed by atoms with Crippen LogP contribution in [0.25, 0.3) is 42.0 Å². The van der Waals surface area contributed by atoms with Crippen LogP contribution in [0.1, 0.15) is 18.9 Å². The van der Waals surface area contributed by atoms with Crippen molar-refractivity contribution in [3.05, 3.63) is 60.2 Å². The second-order valence-corrected chi connectivity index (χ2v) is 7.68. The molecule has 0 radical (unpaired) electrons. The van der Waals surface area contributed by atoms with E-state index in [1.807, 2.05) is 11.3 Å². The van der Waals surface area contributed by atoms with Crippen molar-refractivity contribution in [1.82, 2.24) is 4.57 Å². The van der Waals surface area contributed by atoms with E-state index in [0.717, 1.165) is 6.42 Å². The lowest BCUT2D eigenvalue weighted by atomic mass is 10.1. The number of aromatic nitrogens is 1. The number of hydrogen-bond acceptors (Lipinski definition) is 1. The molecule has 0 aliphatic carbocycles. The fourth-order valence-electron chi connectivity index (χ4n) is 4.01. The van der Waals surface area contributed by atoms with Crippen molar-refractivity contribution in [3.8, 4) is 0 Å². The van der Waals surface area contributed by atoms with Gasteiger partial charge in [0.25, 0.3) is 0 Å². The first-order valence-electron chi connectivity index (χ1n) is 8.59. The fraction of sp³-hybridized carbons (Fsp3) is 0.182. The Balaban J connectivity index is 1.99. The summed E-state index contributed by atoms with van der Waals surface area (Å²) < 4.78 is 5.14. The first kappa shape index (κ1) is 14.1. The normalized spacial score (nSPS) is 12.1. The molecular weight excluding hydrogens is 310 g/mol. The van der Waals surface area contributed by atoms with E-state index in [-0.39, 0.29) is 0 Å². The van der Waals surface area contributed by atoms with Gasteiger partial charge in [0.05, 0.1) is 5.52 Å². The molecule has 0 unspecified atom stereocenters. The van der Waals surface area contributed by atoms with Crippen LogP contribution < -0.4 is 0 Å². The van der Waals surface area contributed by atoms with E-state index in [0.29, 0.717) is 0 Å². The molecule has 118 valence electrons. The summed E-state index contributed by atoms with van der Waals surface area (Å²) in [4.78, 5) is 0. The van der Waals surface area contributed by atoms with Crippen LogP contribution in [0.15, 0.2) is 54.6 Å². The van der Waals surface area contributed by atoms with Gasteiger partial charge in [0.2, 0.25) is 0 Å². The Kier molecular flexibility index (Phi) is 2.98. The van der Waals surface area contributed by atoms with Gasteiger partial charge in [0, 0.05) is 43.5 Å². The van der Waals surface area contributed by atoms with Crippen LogP contribution in [0, 0.1) is 0 Å². The van der Waals surface area contributed by atoms with Crippen molar-refractivity contribution >= 4 is 53.3 Å². The minimum atomic E-state index is 1.15. The zero-order valence-corrected chi connectivity index (χ0v) is 14.8. The van der Waals surface area contributed by atoms with E-state index in [4.69, 9.17) is 0 Å². The average molecular weight is 329 g/mol. The van der Waals surface area contributed by atoms with Gasteiger partial charge in [0.1, 0.15) is 0 Å². The summed E-state index contributed by atoms with van der Waals surface area (Å²) in [7, 11) is 2.21. The summed E-state index contributed by atoms with van der Waals surface area (Å²) in [5.74, 6) is 0. The van der Waals surface area contributed by atoms with Crippen LogP contribution in [0.3, 0.4) is 0 Å². The highest BCUT2D eigenvalue weighted by Crippen LogP contribution is 2.41. The van der Waals surface area contributed by atoms with Gasteiger partial charge in [-0.3, -0.25) is 0 Å². The molecule has 2 heterocycles. The lowest BCUT2D eigenvalue weighted by Gasteiger charge is -2.02. The van der Waals surface area contributed by atoms with E-state index in [9.17, 15) is 0 Å². The zero-order chi connectivity index (χ0) is 16.3. The highest BCUT2D eigenvalue weighted by molar-refractivity contribution is 7.26. The first-order chi connectivity index (χ1) is 11.8. The molecule has 5 rings (SSSR count). The molecule has 2 aromatic heterocycles. The van der Waals surface area contributed by atoms with E-state index in [1.165, 1.54) is 54.0 Å². The number of fused-ring (bicyclic) bond motifs is 7. The lowest BCUT2D eigenvalue weighted by molar-refractivity contribution is 0.920. The first-order valence-corrected chi connectivity index (χ1v) is 9.41. The van der Waals surface area contributed by atoms with Crippen molar-refractivity contribution < 1.29 is 0 Å². The molecule has 0 atom stereocenters. The van der Waals surface area contributed by atoms with E-state index >= 15 is 0 Å². The van der Waals surface area contributed by atoms with Crippen molar-refractivity contribution in [2.45, 2.75) is 19.8 Å². The van der Waals surface area contributed by atoms with Crippen LogP contribution in [0.2, 0.25) is 0 Å². The van der Waals surface area contributed by atoms with Gasteiger partial charge in [-0.25, -0.2) is 0 Å². The van der Waals surface area contributed by atoms with Crippen molar-refractivity contribution in [2.75, 3.05) is 0 Å². The molecule has 0 bridgehead atoms. The molecule has 0 aliphatic rings. The van der Waals surface area contributed by atoms with Gasteiger partial charge >= 0.3 is 0 Å². The largest absolute Gasteiger partial charge is 0.343 e. The van der Waals surface area contributed by atoms with Gasteiger partial charge < -0.3 is 4.57 Å². The summed E-state index contributed by atoms with van der Waals surface area (Å²) >= 11 is 1.89. The fourth-order valence-corrected chi connectivity index (χ4v) is 5.12. The van der Waals surface area contributed by atoms with Gasteiger partial charge in [-0.2, -0.15) is 0 Å². The Hall–Kier alpha value is -2.32. The van der Waals surface area contributed by atoms with Crippen molar-refractivity contribution in [2.24, 2.45) is 7.05 Å². The van der Waals surface area contributed by atoms with Crippen LogP contribution in [0.4, 0.5) is 0 Å². The Morgan fingerprint density at radius 2 is 1.71 bits per heavy atom. The Morgan fingerprint density at radius 1 is 0.875 bits per heavy atom. The Labute approximate surface area is 145 Å². The maximum Gasteiger partial charge on any atom is 0.0583 e. The second kappa shape index (κ2) is 5.09. The SMILES string of the molecule is CCCc1ccc2c3ccc4sc5ccccc5c4c3n(C)c2c1. The molecule has 0 fully saturated rings. The van der Waals surface area contributed by atoms with E-state index in [2.05, 4.69) is 73.1 Å². The van der Waals surface area contributed by atoms with Crippen molar-refractivity contribution in [3.63, 3.8) is 0 Å². The molecule has 3 aromatic carbocycles. The number of hydrogen-bond donors (Lipinski definition) is 0. The summed E-state index contributed by atoms with van der Waals surface area (Å²) in [5, 5.41) is 5.52. The predicted molar refractivity (Wildman–Crippen MR) is 107 cm³/mol. The molecule has 0 saturated heterocycles. The van der Waals surface area contributed by atoms with Gasteiger partial charge in [-0.1, -0.05) is 49.7 Å². The highest BCUT2D eigenvalue weighted by atomic mass is 32.1. The van der Waals surface area contributed by atoms with Crippen molar-refractivity contribution in [1.29, 1.82) is 0 Å². The molecule has 5 aromatic rings. The number of benzene rings is 3. The molecule has 0 spiro atoms. The quantitative estimate of drug-likeness (QED) is 0.341. The van der Waals surface area contributed by atoms with Gasteiger partial charge in [-0.15, -0.1) is 11.3 Å². The minimum Gasteiger partial charge on any atom is -0.343 e. The molecule has 24 heavy (non-hydrogen) atoms. The third-order valence-corrected chi connectivity index (χ3v) is 6.24. The summed E-state index contributed by atoms with van der Waals surface area (Å²) in [6.45, 7) is 2.24. The standard InChI is InChI=1S/C22H19NS/c1-3-6-14-9-10-15-16-11-12-20-21(22(16)23(2)18(15)13-14)17-7-4-5-8-19(17)24-20/h4-5,7-13H,3,6H2,1-2H3. The molecule has 0 N–H and O–H groups in total. The Bertz CT molecular complexity index is 1220. The maximum absolute atomic E-state index is 2.39. The molecule has 0 amide bonds. The summed E-state index contributed by atoms with van der Waals surface area (Å²) in [6.07, 6.45) is 2.34. The van der Waals surface area contributed by atoms with Crippen LogP contribution in [0.5, 0.6) is 0 Å². The summed E-state index contributed by atoms with van der Waals surface area (Å²) in [6, 6.07) is 20.3. The summed E-state index contributed by atoms with van der Waals surface area (Å²) in [5.41, 5.74) is 4.15. The number of rotatable bonds is 2. The zero-order valence-electron chi connectivity index (χ0n) is 14.0. The van der Waals surface area contributed by atoms with Crippen LogP contribution in [-0.4, -0.2) is 4.57 Å². The second-order valence-electron chi connectivity index (χ2n) is 6.59. The number of aryl methyl sites for hydroxylation is 2. The monoisotopic (exact) mass is 329 g/mol. The highest BCUT2D eigenvalue weighted by Gasteiger charge is 2.15. The maximum atomic E-state index is 2.39. The third-order valence-electron chi connectivity index (χ3n) is 5.10. The van der Waals surface area contributed by atoms with Gasteiger partial charge in [0.15, 0.2) is 0 Å². The number of thiophene rings is 1. The smallest absolute Gasteiger partial charge is 0.0583 e. The average Bonchev–Trinajstić information content (AvgIpc) is 3.11. The molecule has 0 aliphatic heterocycles. The van der Waals surface area contributed by atoms with Crippen LogP contribution >= 0.6 is 11.3 Å². The Morgan fingerprint density at radius 3 is 2.58 bits per heavy atom. The van der Waals surface area contributed by atoms with Gasteiger partial charge in [-0.05, 0) is 30.2 Å². The van der Waals surface area contributed by atoms with Crippen LogP contribution in [-0.2, 0) is 13.5 Å².